The number of carbonyl (C=O) groups is 1. The average Bonchev–Trinajstić information content (AvgIpc) is 3.17. The van der Waals surface area contributed by atoms with Crippen LogP contribution in [0.4, 0.5) is 4.79 Å². The number of nitriles is 1. The van der Waals surface area contributed by atoms with Crippen molar-refractivity contribution in [2.75, 3.05) is 20.2 Å². The van der Waals surface area contributed by atoms with E-state index in [1.165, 1.54) is 0 Å². The predicted molar refractivity (Wildman–Crippen MR) is 113 cm³/mol. The molecule has 1 aliphatic heterocycles. The first-order valence-corrected chi connectivity index (χ1v) is 10.4. The average molecular weight is 411 g/mol. The Kier molecular flexibility index (Phi) is 6.39. The van der Waals surface area contributed by atoms with Crippen molar-refractivity contribution >= 4 is 17.9 Å². The molecule has 1 heterocycles. The van der Waals surface area contributed by atoms with E-state index in [9.17, 15) is 10.1 Å². The molecule has 0 N–H and O–H groups in total. The van der Waals surface area contributed by atoms with Gasteiger partial charge in [-0.15, -0.1) is 0 Å². The van der Waals surface area contributed by atoms with E-state index in [4.69, 9.17) is 9.47 Å². The number of methoxy groups -OCH3 is 1. The second-order valence-electron chi connectivity index (χ2n) is 8.03. The second kappa shape index (κ2) is 8.79. The molecule has 3 rings (SSSR count). The standard InChI is InChI=1S/C23H26N2O3S/c1-23(2,3)28-22(26)25-12-11-17(15-25)19-10-9-18(13-20(19)27-4)29-21-8-6-5-7-16(21)14-24/h5-10,13,17H,11-12,15H2,1-4H3. The van der Waals surface area contributed by atoms with E-state index >= 15 is 0 Å². The molecule has 0 saturated carbocycles. The minimum Gasteiger partial charge on any atom is -0.496 e. The number of ether oxygens (including phenoxy) is 2. The first-order chi connectivity index (χ1) is 13.8. The first-order valence-electron chi connectivity index (χ1n) is 9.63. The van der Waals surface area contributed by atoms with E-state index in [1.807, 2.05) is 57.2 Å². The molecule has 1 aliphatic rings. The molecular weight excluding hydrogens is 384 g/mol. The Labute approximate surface area is 176 Å². The number of likely N-dealkylation sites (tertiary alicyclic amines) is 1. The normalized spacial score (nSPS) is 16.4. The summed E-state index contributed by atoms with van der Waals surface area (Å²) in [7, 11) is 1.66. The van der Waals surface area contributed by atoms with Gasteiger partial charge in [-0.1, -0.05) is 30.0 Å². The zero-order valence-corrected chi connectivity index (χ0v) is 18.1. The molecule has 0 spiro atoms. The Morgan fingerprint density at radius 1 is 1.24 bits per heavy atom. The highest BCUT2D eigenvalue weighted by atomic mass is 32.2. The fourth-order valence-electron chi connectivity index (χ4n) is 3.37. The van der Waals surface area contributed by atoms with Crippen LogP contribution in [0.25, 0.3) is 0 Å². The van der Waals surface area contributed by atoms with Gasteiger partial charge in [0.1, 0.15) is 17.4 Å². The molecule has 0 radical (unpaired) electrons. The lowest BCUT2D eigenvalue weighted by Crippen LogP contribution is -2.35. The molecule has 0 aromatic heterocycles. The van der Waals surface area contributed by atoms with Gasteiger partial charge in [0.15, 0.2) is 0 Å². The minimum atomic E-state index is -0.495. The molecule has 0 bridgehead atoms. The Morgan fingerprint density at radius 3 is 2.69 bits per heavy atom. The van der Waals surface area contributed by atoms with Crippen molar-refractivity contribution in [3.05, 3.63) is 53.6 Å². The number of benzene rings is 2. The lowest BCUT2D eigenvalue weighted by molar-refractivity contribution is 0.0292. The Balaban J connectivity index is 1.75. The van der Waals surface area contributed by atoms with Gasteiger partial charge in [-0.25, -0.2) is 4.79 Å². The first kappa shape index (κ1) is 21.1. The zero-order chi connectivity index (χ0) is 21.0. The fourth-order valence-corrected chi connectivity index (χ4v) is 4.30. The van der Waals surface area contributed by atoms with Crippen LogP contribution in [-0.2, 0) is 4.74 Å². The molecule has 1 saturated heterocycles. The molecule has 2 aromatic rings. The van der Waals surface area contributed by atoms with E-state index < -0.39 is 5.60 Å². The van der Waals surface area contributed by atoms with Crippen molar-refractivity contribution in [1.82, 2.24) is 4.90 Å². The van der Waals surface area contributed by atoms with Gasteiger partial charge < -0.3 is 14.4 Å². The Hall–Kier alpha value is -2.65. The number of hydrogen-bond acceptors (Lipinski definition) is 5. The predicted octanol–water partition coefficient (Wildman–Crippen LogP) is 5.44. The molecule has 6 heteroatoms. The quantitative estimate of drug-likeness (QED) is 0.671. The van der Waals surface area contributed by atoms with Gasteiger partial charge in [0.2, 0.25) is 0 Å². The summed E-state index contributed by atoms with van der Waals surface area (Å²) in [6.45, 7) is 6.93. The van der Waals surface area contributed by atoms with Crippen molar-refractivity contribution < 1.29 is 14.3 Å². The molecular formula is C23H26N2O3S. The highest BCUT2D eigenvalue weighted by Gasteiger charge is 2.31. The van der Waals surface area contributed by atoms with Crippen LogP contribution in [0.2, 0.25) is 0 Å². The highest BCUT2D eigenvalue weighted by Crippen LogP contribution is 2.38. The van der Waals surface area contributed by atoms with Crippen LogP contribution in [0, 0.1) is 11.3 Å². The molecule has 1 atom stereocenters. The number of amides is 1. The van der Waals surface area contributed by atoms with Crippen LogP contribution in [0.5, 0.6) is 5.75 Å². The van der Waals surface area contributed by atoms with E-state index in [1.54, 1.807) is 23.8 Å². The molecule has 0 aliphatic carbocycles. The molecule has 29 heavy (non-hydrogen) atoms. The summed E-state index contributed by atoms with van der Waals surface area (Å²) < 4.78 is 11.2. The smallest absolute Gasteiger partial charge is 0.410 e. The summed E-state index contributed by atoms with van der Waals surface area (Å²) in [6, 6.07) is 15.9. The third-order valence-corrected chi connectivity index (χ3v) is 5.79. The highest BCUT2D eigenvalue weighted by molar-refractivity contribution is 7.99. The topological polar surface area (TPSA) is 62.6 Å². The second-order valence-corrected chi connectivity index (χ2v) is 9.14. The van der Waals surface area contributed by atoms with Crippen molar-refractivity contribution in [2.45, 2.75) is 48.5 Å². The summed E-state index contributed by atoms with van der Waals surface area (Å²) in [5.74, 6) is 1.02. The van der Waals surface area contributed by atoms with Gasteiger partial charge in [-0.05, 0) is 57.0 Å². The maximum Gasteiger partial charge on any atom is 0.410 e. The van der Waals surface area contributed by atoms with Gasteiger partial charge in [0.05, 0.1) is 12.7 Å². The Morgan fingerprint density at radius 2 is 2.00 bits per heavy atom. The zero-order valence-electron chi connectivity index (χ0n) is 17.3. The maximum absolute atomic E-state index is 12.4. The van der Waals surface area contributed by atoms with Gasteiger partial charge in [-0.3, -0.25) is 0 Å². The molecule has 1 amide bonds. The van der Waals surface area contributed by atoms with Crippen molar-refractivity contribution in [3.8, 4) is 11.8 Å². The van der Waals surface area contributed by atoms with Crippen LogP contribution >= 0.6 is 11.8 Å². The third-order valence-electron chi connectivity index (χ3n) is 4.72. The summed E-state index contributed by atoms with van der Waals surface area (Å²) in [5, 5.41) is 9.29. The van der Waals surface area contributed by atoms with Crippen LogP contribution in [0.1, 0.15) is 44.2 Å². The minimum absolute atomic E-state index is 0.211. The molecule has 2 aromatic carbocycles. The van der Waals surface area contributed by atoms with Crippen LogP contribution in [0.15, 0.2) is 52.3 Å². The van der Waals surface area contributed by atoms with Crippen molar-refractivity contribution in [3.63, 3.8) is 0 Å². The van der Waals surface area contributed by atoms with Crippen molar-refractivity contribution in [1.29, 1.82) is 5.26 Å². The molecule has 5 nitrogen and oxygen atoms in total. The number of hydrogen-bond donors (Lipinski definition) is 0. The maximum atomic E-state index is 12.4. The van der Waals surface area contributed by atoms with Crippen LogP contribution in [0.3, 0.4) is 0 Å². The van der Waals surface area contributed by atoms with Gasteiger partial charge in [-0.2, -0.15) is 5.26 Å². The van der Waals surface area contributed by atoms with E-state index in [0.717, 1.165) is 27.5 Å². The Bertz CT molecular complexity index is 930. The van der Waals surface area contributed by atoms with E-state index in [2.05, 4.69) is 12.1 Å². The number of carbonyl (C=O) groups excluding carboxylic acids is 1. The molecule has 152 valence electrons. The number of nitrogens with zero attached hydrogens (tertiary/aromatic N) is 2. The molecule has 1 fully saturated rings. The largest absolute Gasteiger partial charge is 0.496 e. The van der Waals surface area contributed by atoms with Crippen LogP contribution < -0.4 is 4.74 Å². The fraction of sp³-hybridized carbons (Fsp3) is 0.391. The van der Waals surface area contributed by atoms with Gasteiger partial charge in [0, 0.05) is 28.8 Å². The lowest BCUT2D eigenvalue weighted by atomic mass is 9.97. The SMILES string of the molecule is COc1cc(Sc2ccccc2C#N)ccc1C1CCN(C(=O)OC(C)(C)C)C1. The third kappa shape index (κ3) is 5.24. The number of rotatable bonds is 4. The monoisotopic (exact) mass is 410 g/mol. The van der Waals surface area contributed by atoms with Crippen molar-refractivity contribution in [2.24, 2.45) is 0 Å². The van der Waals surface area contributed by atoms with Crippen LogP contribution in [-0.4, -0.2) is 36.8 Å². The summed E-state index contributed by atoms with van der Waals surface area (Å²) >= 11 is 1.54. The summed E-state index contributed by atoms with van der Waals surface area (Å²) in [6.07, 6.45) is 0.610. The summed E-state index contributed by atoms with van der Waals surface area (Å²) in [4.78, 5) is 16.0. The van der Waals surface area contributed by atoms with E-state index in [-0.39, 0.29) is 12.0 Å². The summed E-state index contributed by atoms with van der Waals surface area (Å²) in [5.41, 5.74) is 1.26. The van der Waals surface area contributed by atoms with Gasteiger partial charge in [0.25, 0.3) is 0 Å². The molecule has 1 unspecified atom stereocenters. The van der Waals surface area contributed by atoms with E-state index in [0.29, 0.717) is 18.7 Å². The van der Waals surface area contributed by atoms with Gasteiger partial charge >= 0.3 is 6.09 Å². The lowest BCUT2D eigenvalue weighted by Gasteiger charge is -2.24.